The summed E-state index contributed by atoms with van der Waals surface area (Å²) in [5.74, 6) is -0.248. The van der Waals surface area contributed by atoms with Crippen LogP contribution in [0.4, 0.5) is 14.5 Å². The first-order valence-corrected chi connectivity index (χ1v) is 9.85. The second-order valence-electron chi connectivity index (χ2n) is 8.39. The summed E-state index contributed by atoms with van der Waals surface area (Å²) in [6.07, 6.45) is 5.14. The van der Waals surface area contributed by atoms with Gasteiger partial charge in [-0.3, -0.25) is 9.59 Å². The van der Waals surface area contributed by atoms with Gasteiger partial charge in [0.05, 0.1) is 11.1 Å². The van der Waals surface area contributed by atoms with Gasteiger partial charge in [0.15, 0.2) is 6.61 Å². The van der Waals surface area contributed by atoms with E-state index in [4.69, 9.17) is 16.3 Å². The first kappa shape index (κ1) is 19.4. The number of para-hydroxylation sites is 2. The zero-order valence-electron chi connectivity index (χ0n) is 15.3. The van der Waals surface area contributed by atoms with E-state index in [-0.39, 0.29) is 22.3 Å². The Morgan fingerprint density at radius 3 is 2.50 bits per heavy atom. The summed E-state index contributed by atoms with van der Waals surface area (Å²) in [5, 5.41) is 2.45. The minimum atomic E-state index is -3.00. The van der Waals surface area contributed by atoms with Gasteiger partial charge < -0.3 is 14.8 Å². The molecule has 0 aromatic heterocycles. The number of hydrogen-bond donors (Lipinski definition) is 1. The van der Waals surface area contributed by atoms with Gasteiger partial charge in [0.25, 0.3) is 5.91 Å². The maximum atomic E-state index is 12.8. The Morgan fingerprint density at radius 1 is 1.18 bits per heavy atom. The van der Waals surface area contributed by atoms with Crippen molar-refractivity contribution >= 4 is 29.2 Å². The Bertz CT molecular complexity index is 773. The van der Waals surface area contributed by atoms with E-state index in [2.05, 4.69) is 10.1 Å². The Labute approximate surface area is 166 Å². The molecular weight excluding hydrogens is 392 g/mol. The van der Waals surface area contributed by atoms with Crippen LogP contribution in [0.1, 0.15) is 38.5 Å². The highest BCUT2D eigenvalue weighted by molar-refractivity contribution is 6.24. The number of anilines is 1. The first-order valence-electron chi connectivity index (χ1n) is 9.47. The zero-order valence-corrected chi connectivity index (χ0v) is 16.0. The minimum Gasteiger partial charge on any atom is -0.455 e. The number of carbonyl (C=O) groups is 2. The number of rotatable bonds is 6. The molecule has 4 bridgehead atoms. The van der Waals surface area contributed by atoms with Crippen molar-refractivity contribution in [2.75, 3.05) is 11.9 Å². The number of hydrogen-bond acceptors (Lipinski definition) is 4. The molecule has 5 nitrogen and oxygen atoms in total. The third-order valence-corrected chi connectivity index (χ3v) is 6.58. The maximum absolute atomic E-state index is 12.8. The van der Waals surface area contributed by atoms with Crippen molar-refractivity contribution in [2.45, 2.75) is 50.0 Å². The van der Waals surface area contributed by atoms with Gasteiger partial charge in [0.2, 0.25) is 0 Å². The van der Waals surface area contributed by atoms with Crippen molar-refractivity contribution in [3.63, 3.8) is 0 Å². The van der Waals surface area contributed by atoms with Crippen LogP contribution < -0.4 is 10.1 Å². The summed E-state index contributed by atoms with van der Waals surface area (Å²) in [4.78, 5) is 24.7. The van der Waals surface area contributed by atoms with Crippen LogP contribution in [-0.2, 0) is 14.3 Å². The number of esters is 1. The van der Waals surface area contributed by atoms with Crippen molar-refractivity contribution < 1.29 is 27.8 Å². The lowest BCUT2D eigenvalue weighted by atomic mass is 9.49. The molecule has 2 unspecified atom stereocenters. The Balaban J connectivity index is 1.36. The van der Waals surface area contributed by atoms with Gasteiger partial charge >= 0.3 is 12.6 Å². The monoisotopic (exact) mass is 413 g/mol. The zero-order chi connectivity index (χ0) is 19.9. The third-order valence-electron chi connectivity index (χ3n) is 6.13. The highest BCUT2D eigenvalue weighted by Gasteiger charge is 2.60. The summed E-state index contributed by atoms with van der Waals surface area (Å²) < 4.78 is 34.6. The minimum absolute atomic E-state index is 0.0957. The molecule has 1 N–H and O–H groups in total. The standard InChI is InChI=1S/C20H22ClF2NO4/c21-20-8-12-5-13(9-20)7-19(6-12,11-20)17(26)27-10-16(25)24-14-3-1-2-4-15(14)28-18(22)23/h1-4,12-13,18H,5-11H2,(H,24,25). The van der Waals surface area contributed by atoms with Crippen LogP contribution in [0.3, 0.4) is 0 Å². The maximum Gasteiger partial charge on any atom is 0.387 e. The van der Waals surface area contributed by atoms with Crippen LogP contribution >= 0.6 is 11.6 Å². The van der Waals surface area contributed by atoms with E-state index in [0.29, 0.717) is 18.3 Å². The van der Waals surface area contributed by atoms with E-state index >= 15 is 0 Å². The second-order valence-corrected chi connectivity index (χ2v) is 9.19. The smallest absolute Gasteiger partial charge is 0.387 e. The Hall–Kier alpha value is -1.89. The molecule has 5 rings (SSSR count). The quantitative estimate of drug-likeness (QED) is 0.556. The molecule has 28 heavy (non-hydrogen) atoms. The lowest BCUT2D eigenvalue weighted by Crippen LogP contribution is -2.56. The summed E-state index contributed by atoms with van der Waals surface area (Å²) in [6.45, 7) is -3.48. The van der Waals surface area contributed by atoms with Gasteiger partial charge in [-0.25, -0.2) is 0 Å². The van der Waals surface area contributed by atoms with Crippen molar-refractivity contribution in [1.82, 2.24) is 0 Å². The van der Waals surface area contributed by atoms with Crippen LogP contribution in [0.15, 0.2) is 24.3 Å². The highest BCUT2D eigenvalue weighted by Crippen LogP contribution is 2.64. The molecule has 0 saturated heterocycles. The fourth-order valence-corrected chi connectivity index (χ4v) is 6.32. The average molecular weight is 414 g/mol. The molecule has 4 aliphatic rings. The molecule has 1 amide bonds. The van der Waals surface area contributed by atoms with Gasteiger partial charge in [-0.1, -0.05) is 12.1 Å². The SMILES string of the molecule is O=C(COC(=O)C12CC3CC(CC(Cl)(C3)C1)C2)Nc1ccccc1OC(F)F. The second kappa shape index (κ2) is 7.17. The molecule has 1 aromatic rings. The van der Waals surface area contributed by atoms with Crippen LogP contribution in [0.5, 0.6) is 5.75 Å². The fraction of sp³-hybridized carbons (Fsp3) is 0.600. The van der Waals surface area contributed by atoms with Crippen molar-refractivity contribution in [3.8, 4) is 5.75 Å². The van der Waals surface area contributed by atoms with Crippen LogP contribution in [-0.4, -0.2) is 30.0 Å². The number of alkyl halides is 3. The van der Waals surface area contributed by atoms with E-state index in [1.807, 2.05) is 0 Å². The molecule has 4 saturated carbocycles. The van der Waals surface area contributed by atoms with E-state index < -0.39 is 24.5 Å². The lowest BCUT2D eigenvalue weighted by Gasteiger charge is -2.58. The topological polar surface area (TPSA) is 64.6 Å². The molecule has 2 atom stereocenters. The fourth-order valence-electron chi connectivity index (χ4n) is 5.63. The molecule has 0 spiro atoms. The number of carbonyl (C=O) groups excluding carboxylic acids is 2. The number of nitrogens with one attached hydrogen (secondary N) is 1. The molecule has 0 aliphatic heterocycles. The van der Waals surface area contributed by atoms with Crippen molar-refractivity contribution in [1.29, 1.82) is 0 Å². The molecule has 8 heteroatoms. The molecule has 0 radical (unpaired) electrons. The Morgan fingerprint density at radius 2 is 1.86 bits per heavy atom. The lowest BCUT2D eigenvalue weighted by molar-refractivity contribution is -0.171. The third kappa shape index (κ3) is 3.81. The van der Waals surface area contributed by atoms with E-state index in [9.17, 15) is 18.4 Å². The van der Waals surface area contributed by atoms with Gasteiger partial charge in [0, 0.05) is 4.87 Å². The molecule has 4 aliphatic carbocycles. The predicted octanol–water partition coefficient (Wildman–Crippen LogP) is 4.35. The number of benzene rings is 1. The van der Waals surface area contributed by atoms with Crippen molar-refractivity contribution in [2.24, 2.45) is 17.3 Å². The van der Waals surface area contributed by atoms with Crippen molar-refractivity contribution in [3.05, 3.63) is 24.3 Å². The van der Waals surface area contributed by atoms with Crippen LogP contribution in [0.2, 0.25) is 0 Å². The first-order chi connectivity index (χ1) is 13.3. The van der Waals surface area contributed by atoms with Gasteiger partial charge in [-0.05, 0) is 62.5 Å². The molecule has 152 valence electrons. The van der Waals surface area contributed by atoms with Gasteiger partial charge in [0.1, 0.15) is 5.75 Å². The molecule has 4 fully saturated rings. The van der Waals surface area contributed by atoms with E-state index in [1.165, 1.54) is 18.2 Å². The summed E-state index contributed by atoms with van der Waals surface area (Å²) in [7, 11) is 0. The molecule has 1 aromatic carbocycles. The predicted molar refractivity (Wildman–Crippen MR) is 98.4 cm³/mol. The largest absolute Gasteiger partial charge is 0.455 e. The van der Waals surface area contributed by atoms with E-state index in [1.54, 1.807) is 6.07 Å². The molecular formula is C20H22ClF2NO4. The Kier molecular flexibility index (Phi) is 4.98. The summed E-state index contributed by atoms with van der Waals surface area (Å²) >= 11 is 6.73. The van der Waals surface area contributed by atoms with Crippen LogP contribution in [0, 0.1) is 17.3 Å². The van der Waals surface area contributed by atoms with Gasteiger partial charge in [-0.2, -0.15) is 8.78 Å². The van der Waals surface area contributed by atoms with Crippen LogP contribution in [0.25, 0.3) is 0 Å². The summed E-state index contributed by atoms with van der Waals surface area (Å²) in [6, 6.07) is 5.86. The summed E-state index contributed by atoms with van der Waals surface area (Å²) in [5.41, 5.74) is -0.499. The number of ether oxygens (including phenoxy) is 2. The highest BCUT2D eigenvalue weighted by atomic mass is 35.5. The normalized spacial score (nSPS) is 33.0. The average Bonchev–Trinajstić information content (AvgIpc) is 2.59. The van der Waals surface area contributed by atoms with Gasteiger partial charge in [-0.15, -0.1) is 11.6 Å². The number of halogens is 3. The van der Waals surface area contributed by atoms with E-state index in [0.717, 1.165) is 32.1 Å². The number of amides is 1. The molecule has 0 heterocycles.